The molecule has 0 aromatic heterocycles. The van der Waals surface area contributed by atoms with E-state index >= 15 is 0 Å². The molecule has 0 radical (unpaired) electrons. The molecule has 0 amide bonds. The van der Waals surface area contributed by atoms with Gasteiger partial charge in [-0.15, -0.1) is 0 Å². The molecule has 1 unspecified atom stereocenters. The maximum absolute atomic E-state index is 5.18. The number of hydrogen-bond donors (Lipinski definition) is 0. The molecule has 1 atom stereocenters. The van der Waals surface area contributed by atoms with Crippen molar-refractivity contribution in [1.82, 2.24) is 0 Å². The first kappa shape index (κ1) is 13.2. The molecule has 0 bridgehead atoms. The lowest BCUT2D eigenvalue weighted by molar-refractivity contribution is 0.175. The number of ether oxygens (including phenoxy) is 1. The van der Waals surface area contributed by atoms with E-state index in [1.54, 1.807) is 12.7 Å². The lowest BCUT2D eigenvalue weighted by Crippen LogP contribution is -2.12. The molecular formula is C13H23BrO. The van der Waals surface area contributed by atoms with Gasteiger partial charge < -0.3 is 4.74 Å². The summed E-state index contributed by atoms with van der Waals surface area (Å²) >= 11 is 3.62. The Morgan fingerprint density at radius 2 is 2.07 bits per heavy atom. The Bertz CT molecular complexity index is 195. The molecule has 0 spiro atoms. The predicted octanol–water partition coefficient (Wildman–Crippen LogP) is 4.17. The van der Waals surface area contributed by atoms with Crippen LogP contribution in [0.5, 0.6) is 0 Å². The molecule has 0 aliphatic heterocycles. The van der Waals surface area contributed by atoms with Crippen LogP contribution in [0.4, 0.5) is 0 Å². The van der Waals surface area contributed by atoms with Crippen LogP contribution in [0.3, 0.4) is 0 Å². The standard InChI is InChI=1S/C13H23BrO/c1-11(10-15-2)8-13(9-14)12-6-4-3-5-7-12/h8,11-12H,3-7,9-10H2,1-2H3/b13-8-. The zero-order valence-corrected chi connectivity index (χ0v) is 11.6. The van der Waals surface area contributed by atoms with Gasteiger partial charge in [0.25, 0.3) is 0 Å². The van der Waals surface area contributed by atoms with Crippen molar-refractivity contribution in [3.63, 3.8) is 0 Å². The number of methoxy groups -OCH3 is 1. The van der Waals surface area contributed by atoms with Crippen LogP contribution in [-0.4, -0.2) is 19.0 Å². The molecule has 88 valence electrons. The van der Waals surface area contributed by atoms with E-state index < -0.39 is 0 Å². The van der Waals surface area contributed by atoms with Crippen molar-refractivity contribution >= 4 is 15.9 Å². The van der Waals surface area contributed by atoms with Crippen molar-refractivity contribution in [2.45, 2.75) is 39.0 Å². The molecule has 1 rings (SSSR count). The van der Waals surface area contributed by atoms with Gasteiger partial charge in [-0.25, -0.2) is 0 Å². The first-order valence-electron chi connectivity index (χ1n) is 6.03. The van der Waals surface area contributed by atoms with E-state index in [0.29, 0.717) is 5.92 Å². The summed E-state index contributed by atoms with van der Waals surface area (Å²) in [6.07, 6.45) is 9.43. The molecule has 1 nitrogen and oxygen atoms in total. The molecule has 1 aliphatic carbocycles. The molecule has 1 fully saturated rings. The van der Waals surface area contributed by atoms with Gasteiger partial charge in [-0.3, -0.25) is 0 Å². The van der Waals surface area contributed by atoms with Crippen LogP contribution in [0.1, 0.15) is 39.0 Å². The Labute approximate surface area is 102 Å². The zero-order chi connectivity index (χ0) is 11.1. The van der Waals surface area contributed by atoms with Crippen LogP contribution in [0.25, 0.3) is 0 Å². The Morgan fingerprint density at radius 1 is 1.40 bits per heavy atom. The summed E-state index contributed by atoms with van der Waals surface area (Å²) in [6, 6.07) is 0. The number of hydrogen-bond acceptors (Lipinski definition) is 1. The largest absolute Gasteiger partial charge is 0.384 e. The molecule has 0 saturated heterocycles. The Morgan fingerprint density at radius 3 is 2.60 bits per heavy atom. The van der Waals surface area contributed by atoms with Gasteiger partial charge >= 0.3 is 0 Å². The van der Waals surface area contributed by atoms with Crippen LogP contribution in [0, 0.1) is 11.8 Å². The smallest absolute Gasteiger partial charge is 0.0522 e. The average Bonchev–Trinajstić information content (AvgIpc) is 2.27. The maximum Gasteiger partial charge on any atom is 0.0522 e. The Hall–Kier alpha value is 0.180. The van der Waals surface area contributed by atoms with Crippen LogP contribution in [0.2, 0.25) is 0 Å². The highest BCUT2D eigenvalue weighted by Crippen LogP contribution is 2.31. The number of allylic oxidation sites excluding steroid dienone is 1. The van der Waals surface area contributed by atoms with E-state index in [-0.39, 0.29) is 0 Å². The second-order valence-electron chi connectivity index (χ2n) is 4.64. The van der Waals surface area contributed by atoms with E-state index in [4.69, 9.17) is 4.74 Å². The minimum atomic E-state index is 0.546. The third-order valence-corrected chi connectivity index (χ3v) is 3.86. The first-order valence-corrected chi connectivity index (χ1v) is 7.15. The van der Waals surface area contributed by atoms with Gasteiger partial charge in [-0.2, -0.15) is 0 Å². The van der Waals surface area contributed by atoms with Crippen molar-refractivity contribution in [1.29, 1.82) is 0 Å². The van der Waals surface area contributed by atoms with Gasteiger partial charge in [0.1, 0.15) is 0 Å². The second kappa shape index (κ2) is 7.45. The fourth-order valence-corrected chi connectivity index (χ4v) is 3.08. The maximum atomic E-state index is 5.18. The number of rotatable bonds is 5. The molecule has 0 aromatic rings. The van der Waals surface area contributed by atoms with Gasteiger partial charge in [0.05, 0.1) is 6.61 Å². The lowest BCUT2D eigenvalue weighted by atomic mass is 9.83. The summed E-state index contributed by atoms with van der Waals surface area (Å²) < 4.78 is 5.18. The minimum Gasteiger partial charge on any atom is -0.384 e. The van der Waals surface area contributed by atoms with E-state index in [1.807, 2.05) is 0 Å². The lowest BCUT2D eigenvalue weighted by Gasteiger charge is -2.24. The topological polar surface area (TPSA) is 9.23 Å². The van der Waals surface area contributed by atoms with Crippen LogP contribution in [0.15, 0.2) is 11.6 Å². The normalized spacial score (nSPS) is 21.7. The highest BCUT2D eigenvalue weighted by atomic mass is 79.9. The van der Waals surface area contributed by atoms with Crippen LogP contribution < -0.4 is 0 Å². The van der Waals surface area contributed by atoms with Crippen molar-refractivity contribution < 1.29 is 4.74 Å². The van der Waals surface area contributed by atoms with E-state index in [0.717, 1.165) is 17.9 Å². The average molecular weight is 275 g/mol. The predicted molar refractivity (Wildman–Crippen MR) is 69.5 cm³/mol. The molecule has 2 heteroatoms. The SMILES string of the molecule is COCC(C)/C=C(/CBr)C1CCCCC1. The quantitative estimate of drug-likeness (QED) is 0.540. The van der Waals surface area contributed by atoms with Gasteiger partial charge in [-0.05, 0) is 24.7 Å². The summed E-state index contributed by atoms with van der Waals surface area (Å²) in [5, 5.41) is 1.03. The monoisotopic (exact) mass is 274 g/mol. The van der Waals surface area contributed by atoms with Gasteiger partial charge in [0.2, 0.25) is 0 Å². The van der Waals surface area contributed by atoms with Crippen molar-refractivity contribution in [2.75, 3.05) is 19.0 Å². The van der Waals surface area contributed by atoms with Crippen molar-refractivity contribution in [2.24, 2.45) is 11.8 Å². The molecular weight excluding hydrogens is 252 g/mol. The second-order valence-corrected chi connectivity index (χ2v) is 5.20. The fraction of sp³-hybridized carbons (Fsp3) is 0.846. The van der Waals surface area contributed by atoms with Crippen LogP contribution >= 0.6 is 15.9 Å². The van der Waals surface area contributed by atoms with Crippen molar-refractivity contribution in [3.05, 3.63) is 11.6 Å². The third-order valence-electron chi connectivity index (χ3n) is 3.21. The van der Waals surface area contributed by atoms with E-state index in [1.165, 1.54) is 32.1 Å². The van der Waals surface area contributed by atoms with Gasteiger partial charge in [0, 0.05) is 12.4 Å². The minimum absolute atomic E-state index is 0.546. The molecule has 1 aliphatic rings. The Balaban J connectivity index is 2.51. The van der Waals surface area contributed by atoms with Crippen molar-refractivity contribution in [3.8, 4) is 0 Å². The first-order chi connectivity index (χ1) is 7.27. The van der Waals surface area contributed by atoms with E-state index in [9.17, 15) is 0 Å². The molecule has 0 N–H and O–H groups in total. The molecule has 0 heterocycles. The van der Waals surface area contributed by atoms with Crippen LogP contribution in [-0.2, 0) is 4.74 Å². The molecule has 0 aromatic carbocycles. The summed E-state index contributed by atoms with van der Waals surface area (Å²) in [7, 11) is 1.78. The summed E-state index contributed by atoms with van der Waals surface area (Å²) in [4.78, 5) is 0. The third kappa shape index (κ3) is 4.69. The van der Waals surface area contributed by atoms with Gasteiger partial charge in [-0.1, -0.05) is 53.8 Å². The highest BCUT2D eigenvalue weighted by Gasteiger charge is 2.17. The summed E-state index contributed by atoms with van der Waals surface area (Å²) in [6.45, 7) is 3.07. The summed E-state index contributed by atoms with van der Waals surface area (Å²) in [5.41, 5.74) is 1.60. The molecule has 15 heavy (non-hydrogen) atoms. The van der Waals surface area contributed by atoms with E-state index in [2.05, 4.69) is 28.9 Å². The fourth-order valence-electron chi connectivity index (χ4n) is 2.44. The zero-order valence-electron chi connectivity index (χ0n) is 9.97. The molecule has 1 saturated carbocycles. The number of alkyl halides is 1. The Kier molecular flexibility index (Phi) is 6.58. The summed E-state index contributed by atoms with van der Waals surface area (Å²) in [5.74, 6) is 1.38. The highest BCUT2D eigenvalue weighted by molar-refractivity contribution is 9.09. The number of halogens is 1. The van der Waals surface area contributed by atoms with Gasteiger partial charge in [0.15, 0.2) is 0 Å².